The first-order chi connectivity index (χ1) is 9.54. The van der Waals surface area contributed by atoms with Gasteiger partial charge in [-0.1, -0.05) is 13.3 Å². The van der Waals surface area contributed by atoms with Crippen LogP contribution in [0, 0.1) is 17.8 Å². The normalized spacial score (nSPS) is 31.9. The molecule has 0 aromatic carbocycles. The quantitative estimate of drug-likeness (QED) is 0.783. The summed E-state index contributed by atoms with van der Waals surface area (Å²) >= 11 is 0. The van der Waals surface area contributed by atoms with Gasteiger partial charge >= 0.3 is 0 Å². The third-order valence-corrected chi connectivity index (χ3v) is 4.98. The number of nitrogens with two attached hydrogens (primary N) is 1. The molecule has 2 aliphatic rings. The summed E-state index contributed by atoms with van der Waals surface area (Å²) in [5.41, 5.74) is 6.16. The van der Waals surface area contributed by atoms with Crippen LogP contribution in [0.2, 0.25) is 0 Å². The second-order valence-electron chi connectivity index (χ2n) is 6.31. The van der Waals surface area contributed by atoms with Gasteiger partial charge in [0.05, 0.1) is 5.92 Å². The number of carbonyl (C=O) groups excluding carboxylic acids is 2. The van der Waals surface area contributed by atoms with Gasteiger partial charge in [0.2, 0.25) is 11.8 Å². The fourth-order valence-corrected chi connectivity index (χ4v) is 3.66. The number of piperidine rings is 1. The predicted octanol–water partition coefficient (Wildman–Crippen LogP) is 0.735. The first-order valence-corrected chi connectivity index (χ1v) is 7.80. The molecule has 3 N–H and O–H groups in total. The maximum absolute atomic E-state index is 12.7. The van der Waals surface area contributed by atoms with Gasteiger partial charge in [-0.05, 0) is 31.6 Å². The van der Waals surface area contributed by atoms with Crippen LogP contribution in [0.4, 0.5) is 0 Å². The zero-order chi connectivity index (χ0) is 14.7. The largest absolute Gasteiger partial charge is 0.359 e. The predicted molar refractivity (Wildman–Crippen MR) is 77.9 cm³/mol. The molecule has 5 nitrogen and oxygen atoms in total. The zero-order valence-electron chi connectivity index (χ0n) is 12.6. The average Bonchev–Trinajstić information content (AvgIpc) is 2.46. The molecule has 0 spiro atoms. The fraction of sp³-hybridized carbons (Fsp3) is 0.867. The van der Waals surface area contributed by atoms with Gasteiger partial charge in [-0.15, -0.1) is 0 Å². The standard InChI is InChI=1S/C15H27N3O2/c1-10-4-3-5-12(16)13(10)15(20)18-8-6-11(7-9-18)14(19)17-2/h10-13H,3-9,16H2,1-2H3,(H,17,19). The molecular weight excluding hydrogens is 254 g/mol. The van der Waals surface area contributed by atoms with E-state index >= 15 is 0 Å². The summed E-state index contributed by atoms with van der Waals surface area (Å²) in [5.74, 6) is 0.713. The summed E-state index contributed by atoms with van der Waals surface area (Å²) in [7, 11) is 1.67. The van der Waals surface area contributed by atoms with E-state index in [1.807, 2.05) is 4.90 Å². The molecule has 1 heterocycles. The maximum atomic E-state index is 12.7. The van der Waals surface area contributed by atoms with Crippen molar-refractivity contribution in [1.82, 2.24) is 10.2 Å². The molecular formula is C15H27N3O2. The van der Waals surface area contributed by atoms with Crippen LogP contribution in [0.5, 0.6) is 0 Å². The van der Waals surface area contributed by atoms with Crippen molar-refractivity contribution in [3.63, 3.8) is 0 Å². The van der Waals surface area contributed by atoms with Crippen LogP contribution < -0.4 is 11.1 Å². The van der Waals surface area contributed by atoms with Gasteiger partial charge in [0, 0.05) is 32.1 Å². The highest BCUT2D eigenvalue weighted by molar-refractivity contribution is 5.81. The van der Waals surface area contributed by atoms with Crippen LogP contribution in [0.1, 0.15) is 39.0 Å². The summed E-state index contributed by atoms with van der Waals surface area (Å²) in [6, 6.07) is 0.00270. The molecule has 0 radical (unpaired) electrons. The molecule has 20 heavy (non-hydrogen) atoms. The van der Waals surface area contributed by atoms with Gasteiger partial charge in [0.15, 0.2) is 0 Å². The Morgan fingerprint density at radius 1 is 1.15 bits per heavy atom. The highest BCUT2D eigenvalue weighted by atomic mass is 16.2. The Hall–Kier alpha value is -1.10. The lowest BCUT2D eigenvalue weighted by molar-refractivity contribution is -0.142. The van der Waals surface area contributed by atoms with Gasteiger partial charge in [-0.3, -0.25) is 9.59 Å². The smallest absolute Gasteiger partial charge is 0.227 e. The van der Waals surface area contributed by atoms with E-state index in [1.54, 1.807) is 7.05 Å². The Morgan fingerprint density at radius 2 is 1.80 bits per heavy atom. The summed E-state index contributed by atoms with van der Waals surface area (Å²) < 4.78 is 0. The monoisotopic (exact) mass is 281 g/mol. The molecule has 2 amide bonds. The van der Waals surface area contributed by atoms with Crippen LogP contribution in [0.15, 0.2) is 0 Å². The summed E-state index contributed by atoms with van der Waals surface area (Å²) in [5, 5.41) is 2.69. The Morgan fingerprint density at radius 3 is 2.35 bits per heavy atom. The van der Waals surface area contributed by atoms with E-state index in [2.05, 4.69) is 12.2 Å². The second-order valence-corrected chi connectivity index (χ2v) is 6.31. The van der Waals surface area contributed by atoms with Crippen molar-refractivity contribution in [3.8, 4) is 0 Å². The SMILES string of the molecule is CNC(=O)C1CCN(C(=O)C2C(C)CCCC2N)CC1. The molecule has 0 aromatic rings. The minimum atomic E-state index is -0.0275. The van der Waals surface area contributed by atoms with Crippen molar-refractivity contribution in [2.24, 2.45) is 23.5 Å². The first-order valence-electron chi connectivity index (χ1n) is 7.80. The van der Waals surface area contributed by atoms with E-state index in [9.17, 15) is 9.59 Å². The molecule has 2 fully saturated rings. The number of amides is 2. The van der Waals surface area contributed by atoms with Crippen molar-refractivity contribution in [3.05, 3.63) is 0 Å². The Bertz CT molecular complexity index is 354. The van der Waals surface area contributed by atoms with Crippen molar-refractivity contribution in [2.75, 3.05) is 20.1 Å². The lowest BCUT2D eigenvalue weighted by atomic mass is 9.76. The Labute approximate surface area is 121 Å². The van der Waals surface area contributed by atoms with E-state index in [-0.39, 0.29) is 29.7 Å². The van der Waals surface area contributed by atoms with Crippen LogP contribution in [0.3, 0.4) is 0 Å². The van der Waals surface area contributed by atoms with Crippen LogP contribution >= 0.6 is 0 Å². The lowest BCUT2D eigenvalue weighted by Crippen LogP contribution is -2.51. The Kier molecular flexibility index (Phi) is 5.02. The second kappa shape index (κ2) is 6.57. The highest BCUT2D eigenvalue weighted by Gasteiger charge is 2.38. The number of nitrogens with zero attached hydrogens (tertiary/aromatic N) is 1. The number of rotatable bonds is 2. The molecule has 1 aliphatic heterocycles. The number of hydrogen-bond acceptors (Lipinski definition) is 3. The summed E-state index contributed by atoms with van der Waals surface area (Å²) in [6.45, 7) is 3.51. The van der Waals surface area contributed by atoms with Crippen molar-refractivity contribution in [1.29, 1.82) is 0 Å². The molecule has 114 valence electrons. The maximum Gasteiger partial charge on any atom is 0.227 e. The van der Waals surface area contributed by atoms with Gasteiger partial charge < -0.3 is 16.0 Å². The molecule has 2 rings (SSSR count). The highest BCUT2D eigenvalue weighted by Crippen LogP contribution is 2.31. The third kappa shape index (κ3) is 3.14. The zero-order valence-corrected chi connectivity index (χ0v) is 12.6. The number of hydrogen-bond donors (Lipinski definition) is 2. The van der Waals surface area contributed by atoms with E-state index in [0.717, 1.165) is 32.1 Å². The molecule has 3 atom stereocenters. The van der Waals surface area contributed by atoms with Crippen molar-refractivity contribution < 1.29 is 9.59 Å². The third-order valence-electron chi connectivity index (χ3n) is 4.98. The van der Waals surface area contributed by atoms with Crippen LogP contribution in [-0.4, -0.2) is 42.9 Å². The molecule has 0 bridgehead atoms. The van der Waals surface area contributed by atoms with E-state index in [0.29, 0.717) is 19.0 Å². The molecule has 1 aliphatic carbocycles. The van der Waals surface area contributed by atoms with E-state index < -0.39 is 0 Å². The van der Waals surface area contributed by atoms with Crippen molar-refractivity contribution in [2.45, 2.75) is 45.1 Å². The minimum absolute atomic E-state index is 0.00270. The molecule has 0 aromatic heterocycles. The van der Waals surface area contributed by atoms with E-state index in [4.69, 9.17) is 5.73 Å². The molecule has 1 saturated carbocycles. The van der Waals surface area contributed by atoms with Gasteiger partial charge in [0.25, 0.3) is 0 Å². The summed E-state index contributed by atoms with van der Waals surface area (Å²) in [6.07, 6.45) is 4.71. The van der Waals surface area contributed by atoms with Gasteiger partial charge in [0.1, 0.15) is 0 Å². The topological polar surface area (TPSA) is 75.4 Å². The number of carbonyl (C=O) groups is 2. The average molecular weight is 281 g/mol. The number of nitrogens with one attached hydrogen (secondary N) is 1. The minimum Gasteiger partial charge on any atom is -0.359 e. The first kappa shape index (κ1) is 15.3. The van der Waals surface area contributed by atoms with Gasteiger partial charge in [-0.25, -0.2) is 0 Å². The molecule has 5 heteroatoms. The number of likely N-dealkylation sites (tertiary alicyclic amines) is 1. The molecule has 1 saturated heterocycles. The van der Waals surface area contributed by atoms with Gasteiger partial charge in [-0.2, -0.15) is 0 Å². The lowest BCUT2D eigenvalue weighted by Gasteiger charge is -2.39. The van der Waals surface area contributed by atoms with Crippen molar-refractivity contribution >= 4 is 11.8 Å². The van der Waals surface area contributed by atoms with Crippen LogP contribution in [-0.2, 0) is 9.59 Å². The Balaban J connectivity index is 1.92. The molecule has 3 unspecified atom stereocenters. The summed E-state index contributed by atoms with van der Waals surface area (Å²) in [4.78, 5) is 26.2. The fourth-order valence-electron chi connectivity index (χ4n) is 3.66. The van der Waals surface area contributed by atoms with Crippen LogP contribution in [0.25, 0.3) is 0 Å². The van der Waals surface area contributed by atoms with E-state index in [1.165, 1.54) is 0 Å².